The molecule has 1 atom stereocenters. The van der Waals surface area contributed by atoms with Crippen molar-refractivity contribution in [2.45, 2.75) is 64.7 Å². The van der Waals surface area contributed by atoms with E-state index in [1.54, 1.807) is 16.3 Å². The van der Waals surface area contributed by atoms with Crippen molar-refractivity contribution in [3.8, 4) is 12.1 Å². The Hall–Kier alpha value is -3.87. The fraction of sp³-hybridized carbons (Fsp3) is 0.469. The highest BCUT2D eigenvalue weighted by Gasteiger charge is 2.33. The SMILES string of the molecule is CC(C)(C)CNc1c(C#N)cnc2c(C#N)cc(NC(/C(N)=C/N(N)C3CC3)c3csc4c3CCN(C3COC3)C4)cc12. The fourth-order valence-electron chi connectivity index (χ4n) is 5.69. The van der Waals surface area contributed by atoms with Gasteiger partial charge in [0.1, 0.15) is 12.1 Å². The largest absolute Gasteiger partial charge is 0.399 e. The molecule has 1 unspecified atom stereocenters. The third kappa shape index (κ3) is 6.13. The molecule has 0 spiro atoms. The molecule has 4 heterocycles. The maximum absolute atomic E-state index is 10.1. The summed E-state index contributed by atoms with van der Waals surface area (Å²) in [5, 5.41) is 31.8. The van der Waals surface area contributed by atoms with E-state index < -0.39 is 0 Å². The first-order chi connectivity index (χ1) is 20.6. The van der Waals surface area contributed by atoms with Gasteiger partial charge >= 0.3 is 0 Å². The van der Waals surface area contributed by atoms with E-state index >= 15 is 0 Å². The Bertz CT molecular complexity index is 1640. The van der Waals surface area contributed by atoms with Crippen LogP contribution in [-0.4, -0.2) is 53.3 Å². The van der Waals surface area contributed by atoms with E-state index in [0.29, 0.717) is 46.7 Å². The minimum absolute atomic E-state index is 0.0183. The molecule has 43 heavy (non-hydrogen) atoms. The second-order valence-electron chi connectivity index (χ2n) is 13.0. The number of nitrogens with zero attached hydrogens (tertiary/aromatic N) is 5. The number of nitriles is 2. The Balaban J connectivity index is 1.40. The van der Waals surface area contributed by atoms with Crippen molar-refractivity contribution in [1.29, 1.82) is 10.5 Å². The molecule has 1 aliphatic carbocycles. The number of anilines is 2. The summed E-state index contributed by atoms with van der Waals surface area (Å²) in [6.45, 7) is 10.5. The van der Waals surface area contributed by atoms with Gasteiger partial charge in [0.05, 0.1) is 53.3 Å². The minimum atomic E-state index is -0.356. The van der Waals surface area contributed by atoms with E-state index in [-0.39, 0.29) is 11.5 Å². The predicted molar refractivity (Wildman–Crippen MR) is 170 cm³/mol. The number of ether oxygens (including phenoxy) is 1. The first kappa shape index (κ1) is 29.2. The van der Waals surface area contributed by atoms with Crippen molar-refractivity contribution in [3.63, 3.8) is 0 Å². The standard InChI is InChI=1S/C32H39N9OS/c1-32(2,3)18-38-30-20(11-34)12-37-29-19(10-33)8-21(9-25(29)30)39-31(27(35)13-41(36)22-4-5-22)26-17-43-28-14-40(7-6-24(26)28)23-15-42-16-23/h8-9,12-13,17,22-23,31,39H,4-7,14-16,18,35-36H2,1-3H3,(H,37,38)/b27-13-. The van der Waals surface area contributed by atoms with Crippen molar-refractivity contribution in [3.05, 3.63) is 62.7 Å². The lowest BCUT2D eigenvalue weighted by Crippen LogP contribution is -2.50. The number of pyridine rings is 1. The molecule has 2 fully saturated rings. The maximum Gasteiger partial charge on any atom is 0.103 e. The topological polar surface area (TPSA) is 152 Å². The second kappa shape index (κ2) is 11.7. The predicted octanol–water partition coefficient (Wildman–Crippen LogP) is 4.55. The molecule has 2 aromatic heterocycles. The van der Waals surface area contributed by atoms with Crippen LogP contribution < -0.4 is 22.2 Å². The fourth-order valence-corrected chi connectivity index (χ4v) is 6.84. The van der Waals surface area contributed by atoms with E-state index in [1.165, 1.54) is 16.6 Å². The van der Waals surface area contributed by atoms with Crippen molar-refractivity contribution in [2.24, 2.45) is 17.0 Å². The lowest BCUT2D eigenvalue weighted by atomic mass is 9.95. The van der Waals surface area contributed by atoms with Gasteiger partial charge in [-0.3, -0.25) is 9.88 Å². The number of benzene rings is 1. The molecule has 11 heteroatoms. The molecule has 1 saturated heterocycles. The summed E-state index contributed by atoms with van der Waals surface area (Å²) in [7, 11) is 0. The van der Waals surface area contributed by atoms with E-state index in [1.807, 2.05) is 18.3 Å². The van der Waals surface area contributed by atoms with Crippen LogP contribution in [0.2, 0.25) is 0 Å². The molecule has 3 aromatic rings. The first-order valence-electron chi connectivity index (χ1n) is 14.8. The quantitative estimate of drug-likeness (QED) is 0.204. The highest BCUT2D eigenvalue weighted by molar-refractivity contribution is 7.10. The van der Waals surface area contributed by atoms with Gasteiger partial charge in [0.2, 0.25) is 0 Å². The number of nitrogens with two attached hydrogens (primary N) is 2. The number of aromatic nitrogens is 1. The van der Waals surface area contributed by atoms with Gasteiger partial charge in [-0.15, -0.1) is 11.3 Å². The molecule has 1 aromatic carbocycles. The van der Waals surface area contributed by atoms with Crippen molar-refractivity contribution in [2.75, 3.05) is 36.9 Å². The molecule has 0 amide bonds. The summed E-state index contributed by atoms with van der Waals surface area (Å²) >= 11 is 1.77. The minimum Gasteiger partial charge on any atom is -0.399 e. The number of hydrazine groups is 1. The van der Waals surface area contributed by atoms with Crippen molar-refractivity contribution in [1.82, 2.24) is 14.9 Å². The van der Waals surface area contributed by atoms with Gasteiger partial charge in [-0.2, -0.15) is 10.5 Å². The van der Waals surface area contributed by atoms with Gasteiger partial charge < -0.3 is 26.1 Å². The van der Waals surface area contributed by atoms with Crippen molar-refractivity contribution < 1.29 is 4.74 Å². The molecule has 2 aliphatic heterocycles. The Morgan fingerprint density at radius 3 is 2.67 bits per heavy atom. The molecule has 0 bridgehead atoms. The second-order valence-corrected chi connectivity index (χ2v) is 14.0. The van der Waals surface area contributed by atoms with E-state index in [4.69, 9.17) is 16.3 Å². The van der Waals surface area contributed by atoms with Crippen LogP contribution in [0.25, 0.3) is 10.9 Å². The van der Waals surface area contributed by atoms with Crippen LogP contribution in [0.1, 0.15) is 66.8 Å². The summed E-state index contributed by atoms with van der Waals surface area (Å²) in [6.07, 6.45) is 6.43. The molecular formula is C32H39N9OS. The molecule has 1 saturated carbocycles. The number of nitrogens with one attached hydrogen (secondary N) is 2. The van der Waals surface area contributed by atoms with E-state index in [2.05, 4.69) is 58.8 Å². The van der Waals surface area contributed by atoms with Gasteiger partial charge in [-0.1, -0.05) is 20.8 Å². The van der Waals surface area contributed by atoms with E-state index in [9.17, 15) is 10.5 Å². The van der Waals surface area contributed by atoms with Gasteiger partial charge in [0.15, 0.2) is 0 Å². The molecule has 0 radical (unpaired) electrons. The number of fused-ring (bicyclic) bond motifs is 2. The summed E-state index contributed by atoms with van der Waals surface area (Å²) < 4.78 is 5.44. The van der Waals surface area contributed by atoms with Crippen LogP contribution in [0, 0.1) is 28.1 Å². The Labute approximate surface area is 256 Å². The summed E-state index contributed by atoms with van der Waals surface area (Å²) in [6, 6.07) is 8.81. The Kier molecular flexibility index (Phi) is 7.92. The third-order valence-electron chi connectivity index (χ3n) is 8.38. The monoisotopic (exact) mass is 597 g/mol. The lowest BCUT2D eigenvalue weighted by molar-refractivity contribution is -0.0691. The molecule has 3 aliphatic rings. The highest BCUT2D eigenvalue weighted by atomic mass is 32.1. The van der Waals surface area contributed by atoms with E-state index in [0.717, 1.165) is 62.2 Å². The van der Waals surface area contributed by atoms with Crippen LogP contribution in [0.5, 0.6) is 0 Å². The zero-order valence-electron chi connectivity index (χ0n) is 25.0. The maximum atomic E-state index is 10.1. The molecular weight excluding hydrogens is 558 g/mol. The number of hydrogen-bond donors (Lipinski definition) is 4. The average molecular weight is 598 g/mol. The van der Waals surface area contributed by atoms with Crippen LogP contribution in [-0.2, 0) is 17.7 Å². The van der Waals surface area contributed by atoms with Gasteiger partial charge in [-0.05, 0) is 53.3 Å². The third-order valence-corrected chi connectivity index (χ3v) is 9.41. The number of rotatable bonds is 9. The molecule has 6 rings (SSSR count). The summed E-state index contributed by atoms with van der Waals surface area (Å²) in [4.78, 5) is 8.37. The molecule has 6 N–H and O–H groups in total. The average Bonchev–Trinajstić information content (AvgIpc) is 3.72. The van der Waals surface area contributed by atoms with Crippen molar-refractivity contribution >= 4 is 33.6 Å². The lowest BCUT2D eigenvalue weighted by Gasteiger charge is -2.39. The Morgan fingerprint density at radius 2 is 2.02 bits per heavy atom. The van der Waals surface area contributed by atoms with Gasteiger partial charge in [0.25, 0.3) is 0 Å². The zero-order valence-corrected chi connectivity index (χ0v) is 25.8. The summed E-state index contributed by atoms with van der Waals surface area (Å²) in [5.74, 6) is 6.36. The van der Waals surface area contributed by atoms with Gasteiger partial charge in [-0.25, -0.2) is 5.84 Å². The normalized spacial score (nSPS) is 18.3. The van der Waals surface area contributed by atoms with Crippen LogP contribution in [0.3, 0.4) is 0 Å². The highest BCUT2D eigenvalue weighted by Crippen LogP contribution is 2.39. The summed E-state index contributed by atoms with van der Waals surface area (Å²) in [5.41, 5.74) is 12.7. The zero-order chi connectivity index (χ0) is 30.3. The Morgan fingerprint density at radius 1 is 1.26 bits per heavy atom. The number of thiophene rings is 1. The van der Waals surface area contributed by atoms with Gasteiger partial charge in [0, 0.05) is 54.0 Å². The number of hydrogen-bond acceptors (Lipinski definition) is 11. The van der Waals surface area contributed by atoms with Crippen LogP contribution >= 0.6 is 11.3 Å². The first-order valence-corrected chi connectivity index (χ1v) is 15.7. The smallest absolute Gasteiger partial charge is 0.103 e. The molecule has 224 valence electrons. The van der Waals surface area contributed by atoms with Crippen LogP contribution in [0.15, 0.2) is 35.6 Å². The van der Waals surface area contributed by atoms with Crippen LogP contribution in [0.4, 0.5) is 11.4 Å². The molecule has 10 nitrogen and oxygen atoms in total.